The van der Waals surface area contributed by atoms with Crippen molar-refractivity contribution in [3.8, 4) is 17.2 Å². The Labute approximate surface area is 152 Å². The van der Waals surface area contributed by atoms with Gasteiger partial charge in [0.1, 0.15) is 12.4 Å². The van der Waals surface area contributed by atoms with Gasteiger partial charge in [-0.1, -0.05) is 25.0 Å². The quantitative estimate of drug-likeness (QED) is 0.541. The van der Waals surface area contributed by atoms with Crippen LogP contribution in [-0.2, 0) is 0 Å². The Kier molecular flexibility index (Phi) is 5.99. The molecule has 2 aliphatic rings. The van der Waals surface area contributed by atoms with Crippen LogP contribution in [0.2, 0.25) is 0 Å². The zero-order chi connectivity index (χ0) is 18.6. The maximum absolute atomic E-state index is 12.8. The smallest absolute Gasteiger partial charge is 0.489 e. The number of allylic oxidation sites excluding steroid dienone is 1. The number of halogens is 3. The molecule has 0 aliphatic heterocycles. The molecule has 0 bridgehead atoms. The van der Waals surface area contributed by atoms with E-state index in [1.807, 2.05) is 6.08 Å². The van der Waals surface area contributed by atoms with E-state index < -0.39 is 6.36 Å². The summed E-state index contributed by atoms with van der Waals surface area (Å²) in [4.78, 5) is 0. The van der Waals surface area contributed by atoms with Crippen LogP contribution < -0.4 is 14.2 Å². The Morgan fingerprint density at radius 2 is 1.73 bits per heavy atom. The van der Waals surface area contributed by atoms with Crippen LogP contribution in [-0.4, -0.2) is 19.6 Å². The first kappa shape index (κ1) is 18.9. The maximum Gasteiger partial charge on any atom is 0.573 e. The van der Waals surface area contributed by atoms with Crippen molar-refractivity contribution in [2.45, 2.75) is 51.8 Å². The third-order valence-corrected chi connectivity index (χ3v) is 4.85. The molecular weight excluding hydrogens is 345 g/mol. The Morgan fingerprint density at radius 3 is 2.38 bits per heavy atom. The second kappa shape index (κ2) is 8.23. The van der Waals surface area contributed by atoms with Gasteiger partial charge in [-0.3, -0.25) is 0 Å². The predicted octanol–water partition coefficient (Wildman–Crippen LogP) is 5.81. The molecule has 3 nitrogen and oxygen atoms in total. The zero-order valence-corrected chi connectivity index (χ0v) is 15.0. The van der Waals surface area contributed by atoms with Crippen LogP contribution >= 0.6 is 0 Å². The van der Waals surface area contributed by atoms with E-state index in [9.17, 15) is 13.2 Å². The van der Waals surface area contributed by atoms with Gasteiger partial charge >= 0.3 is 6.36 Å². The average molecular weight is 370 g/mol. The first-order valence-electron chi connectivity index (χ1n) is 9.24. The van der Waals surface area contributed by atoms with Crippen LogP contribution in [0.15, 0.2) is 24.3 Å². The van der Waals surface area contributed by atoms with E-state index in [0.29, 0.717) is 36.4 Å². The molecule has 0 saturated heterocycles. The highest BCUT2D eigenvalue weighted by molar-refractivity contribution is 5.53. The Bertz CT molecular complexity index is 630. The van der Waals surface area contributed by atoms with Crippen LogP contribution in [0.5, 0.6) is 17.2 Å². The van der Waals surface area contributed by atoms with E-state index in [-0.39, 0.29) is 11.5 Å². The molecule has 0 radical (unpaired) electrons. The lowest BCUT2D eigenvalue weighted by Gasteiger charge is -2.18. The Balaban J connectivity index is 1.67. The number of hydrogen-bond acceptors (Lipinski definition) is 3. The molecule has 0 aromatic heterocycles. The molecule has 0 amide bonds. The molecule has 0 N–H and O–H groups in total. The van der Waals surface area contributed by atoms with Crippen molar-refractivity contribution < 1.29 is 27.4 Å². The predicted molar refractivity (Wildman–Crippen MR) is 92.7 cm³/mol. The summed E-state index contributed by atoms with van der Waals surface area (Å²) in [6.07, 6.45) is 6.35. The fraction of sp³-hybridized carbons (Fsp3) is 0.600. The number of benzene rings is 1. The monoisotopic (exact) mass is 370 g/mol. The van der Waals surface area contributed by atoms with Crippen molar-refractivity contribution >= 4 is 0 Å². The van der Waals surface area contributed by atoms with Crippen molar-refractivity contribution in [1.29, 1.82) is 0 Å². The van der Waals surface area contributed by atoms with Gasteiger partial charge in [0.25, 0.3) is 0 Å². The Morgan fingerprint density at radius 1 is 1.04 bits per heavy atom. The lowest BCUT2D eigenvalue weighted by Crippen LogP contribution is -2.19. The summed E-state index contributed by atoms with van der Waals surface area (Å²) >= 11 is 0. The van der Waals surface area contributed by atoms with Gasteiger partial charge in [0, 0.05) is 5.56 Å². The lowest BCUT2D eigenvalue weighted by molar-refractivity contribution is -0.275. The molecule has 0 atom stereocenters. The summed E-state index contributed by atoms with van der Waals surface area (Å²) in [7, 11) is 0. The topological polar surface area (TPSA) is 27.7 Å². The summed E-state index contributed by atoms with van der Waals surface area (Å²) in [5.74, 6) is 1.21. The van der Waals surface area contributed by atoms with Gasteiger partial charge in [-0.2, -0.15) is 0 Å². The van der Waals surface area contributed by atoms with E-state index in [0.717, 1.165) is 12.8 Å². The SMILES string of the molecule is Cc1c(OC/C=C/C2CCCC2)ccc(OCC2CC2)c1OC(F)(F)F. The number of alkyl halides is 3. The molecule has 1 aromatic carbocycles. The third-order valence-electron chi connectivity index (χ3n) is 4.85. The van der Waals surface area contributed by atoms with Crippen molar-refractivity contribution in [3.05, 3.63) is 29.8 Å². The van der Waals surface area contributed by atoms with E-state index in [2.05, 4.69) is 10.8 Å². The van der Waals surface area contributed by atoms with Crippen LogP contribution in [0.4, 0.5) is 13.2 Å². The lowest BCUT2D eigenvalue weighted by atomic mass is 10.1. The van der Waals surface area contributed by atoms with Gasteiger partial charge in [-0.15, -0.1) is 13.2 Å². The fourth-order valence-electron chi connectivity index (χ4n) is 3.19. The summed E-state index contributed by atoms with van der Waals surface area (Å²) < 4.78 is 53.8. The maximum atomic E-state index is 12.8. The van der Waals surface area contributed by atoms with Gasteiger partial charge < -0.3 is 14.2 Å². The van der Waals surface area contributed by atoms with E-state index in [4.69, 9.17) is 9.47 Å². The number of rotatable bonds is 8. The van der Waals surface area contributed by atoms with Crippen LogP contribution in [0.1, 0.15) is 44.1 Å². The van der Waals surface area contributed by atoms with Gasteiger partial charge in [0.05, 0.1) is 6.61 Å². The molecule has 2 fully saturated rings. The van der Waals surface area contributed by atoms with E-state index >= 15 is 0 Å². The molecule has 0 heterocycles. The van der Waals surface area contributed by atoms with Crippen molar-refractivity contribution in [3.63, 3.8) is 0 Å². The normalized spacial score (nSPS) is 18.5. The minimum absolute atomic E-state index is 0.112. The highest BCUT2D eigenvalue weighted by atomic mass is 19.4. The minimum atomic E-state index is -4.77. The molecule has 26 heavy (non-hydrogen) atoms. The molecule has 144 valence electrons. The number of ether oxygens (including phenoxy) is 3. The van der Waals surface area contributed by atoms with Gasteiger partial charge in [-0.05, 0) is 56.6 Å². The van der Waals surface area contributed by atoms with E-state index in [1.54, 1.807) is 13.0 Å². The largest absolute Gasteiger partial charge is 0.573 e. The molecule has 6 heteroatoms. The summed E-state index contributed by atoms with van der Waals surface area (Å²) in [5.41, 5.74) is 0.296. The Hall–Kier alpha value is -1.85. The third kappa shape index (κ3) is 5.58. The van der Waals surface area contributed by atoms with Crippen LogP contribution in [0, 0.1) is 18.8 Å². The average Bonchev–Trinajstić information content (AvgIpc) is 3.26. The fourth-order valence-corrected chi connectivity index (χ4v) is 3.19. The summed E-state index contributed by atoms with van der Waals surface area (Å²) in [5, 5.41) is 0. The standard InChI is InChI=1S/C20H25F3O3/c1-14-17(24-12-4-7-15-5-2-3-6-15)10-11-18(25-13-16-8-9-16)19(14)26-20(21,22)23/h4,7,10-11,15-16H,2-3,5-6,8-9,12-13H2,1H3/b7-4+. The molecule has 1 aromatic rings. The van der Waals surface area contributed by atoms with Gasteiger partial charge in [-0.25, -0.2) is 0 Å². The molecule has 3 rings (SSSR count). The minimum Gasteiger partial charge on any atom is -0.489 e. The van der Waals surface area contributed by atoms with Crippen molar-refractivity contribution in [2.24, 2.45) is 11.8 Å². The highest BCUT2D eigenvalue weighted by Crippen LogP contribution is 2.41. The second-order valence-electron chi connectivity index (χ2n) is 7.10. The second-order valence-corrected chi connectivity index (χ2v) is 7.10. The van der Waals surface area contributed by atoms with Gasteiger partial charge in [0.15, 0.2) is 11.5 Å². The van der Waals surface area contributed by atoms with Crippen LogP contribution in [0.3, 0.4) is 0 Å². The van der Waals surface area contributed by atoms with Gasteiger partial charge in [0.2, 0.25) is 0 Å². The molecule has 0 unspecified atom stereocenters. The number of hydrogen-bond donors (Lipinski definition) is 0. The molecule has 2 aliphatic carbocycles. The van der Waals surface area contributed by atoms with Crippen molar-refractivity contribution in [2.75, 3.05) is 13.2 Å². The first-order valence-corrected chi connectivity index (χ1v) is 9.24. The first-order chi connectivity index (χ1) is 12.4. The summed E-state index contributed by atoms with van der Waals surface area (Å²) in [6.45, 7) is 2.30. The summed E-state index contributed by atoms with van der Waals surface area (Å²) in [6, 6.07) is 3.14. The highest BCUT2D eigenvalue weighted by Gasteiger charge is 2.34. The molecule has 0 spiro atoms. The van der Waals surface area contributed by atoms with E-state index in [1.165, 1.54) is 31.7 Å². The molecular formula is C20H25F3O3. The van der Waals surface area contributed by atoms with Crippen LogP contribution in [0.25, 0.3) is 0 Å². The van der Waals surface area contributed by atoms with Crippen molar-refractivity contribution in [1.82, 2.24) is 0 Å². The molecule has 2 saturated carbocycles. The zero-order valence-electron chi connectivity index (χ0n) is 15.0.